The highest BCUT2D eigenvalue weighted by Crippen LogP contribution is 2.21. The normalized spacial score (nSPS) is 10.5. The molecule has 4 nitrogen and oxygen atoms in total. The number of carboxylic acid groups (broad SMARTS) is 1. The molecule has 17 heavy (non-hydrogen) atoms. The maximum Gasteiger partial charge on any atom is 0.337 e. The second-order valence-electron chi connectivity index (χ2n) is 4.05. The maximum atomic E-state index is 10.8. The number of hydrogen-bond donors (Lipinski definition) is 2. The SMILES string of the molecule is CCC(CC)COc1ccc(C(=O)O)c(N)c1. The van der Waals surface area contributed by atoms with Gasteiger partial charge in [-0.3, -0.25) is 0 Å². The first-order valence-corrected chi connectivity index (χ1v) is 5.84. The highest BCUT2D eigenvalue weighted by Gasteiger charge is 2.09. The van der Waals surface area contributed by atoms with Crippen LogP contribution in [0.2, 0.25) is 0 Å². The van der Waals surface area contributed by atoms with Gasteiger partial charge in [0.05, 0.1) is 12.2 Å². The van der Waals surface area contributed by atoms with Crippen molar-refractivity contribution in [2.75, 3.05) is 12.3 Å². The van der Waals surface area contributed by atoms with Crippen LogP contribution in [-0.2, 0) is 0 Å². The molecular formula is C13H19NO3. The zero-order valence-electron chi connectivity index (χ0n) is 10.3. The molecule has 0 saturated heterocycles. The monoisotopic (exact) mass is 237 g/mol. The second kappa shape index (κ2) is 6.13. The summed E-state index contributed by atoms with van der Waals surface area (Å²) in [5, 5.41) is 8.83. The Morgan fingerprint density at radius 1 is 1.41 bits per heavy atom. The Kier molecular flexibility index (Phi) is 4.82. The van der Waals surface area contributed by atoms with Crippen LogP contribution in [0.5, 0.6) is 5.75 Å². The molecule has 0 amide bonds. The molecular weight excluding hydrogens is 218 g/mol. The topological polar surface area (TPSA) is 72.5 Å². The zero-order chi connectivity index (χ0) is 12.8. The van der Waals surface area contributed by atoms with Crippen LogP contribution in [0, 0.1) is 5.92 Å². The van der Waals surface area contributed by atoms with E-state index < -0.39 is 5.97 Å². The first-order chi connectivity index (χ1) is 8.08. The van der Waals surface area contributed by atoms with Gasteiger partial charge in [-0.25, -0.2) is 4.79 Å². The Labute approximate surface area is 101 Å². The zero-order valence-corrected chi connectivity index (χ0v) is 10.3. The van der Waals surface area contributed by atoms with Crippen molar-refractivity contribution in [3.8, 4) is 5.75 Å². The van der Waals surface area contributed by atoms with Gasteiger partial charge in [0.1, 0.15) is 5.75 Å². The molecule has 0 heterocycles. The Morgan fingerprint density at radius 2 is 2.06 bits per heavy atom. The summed E-state index contributed by atoms with van der Waals surface area (Å²) < 4.78 is 5.59. The molecule has 1 rings (SSSR count). The van der Waals surface area contributed by atoms with Crippen LogP contribution in [0.4, 0.5) is 5.69 Å². The van der Waals surface area contributed by atoms with Crippen molar-refractivity contribution in [2.45, 2.75) is 26.7 Å². The quantitative estimate of drug-likeness (QED) is 0.746. The van der Waals surface area contributed by atoms with E-state index in [2.05, 4.69) is 13.8 Å². The Bertz CT molecular complexity index is 386. The lowest BCUT2D eigenvalue weighted by atomic mass is 10.1. The number of hydrogen-bond acceptors (Lipinski definition) is 3. The van der Waals surface area contributed by atoms with Crippen LogP contribution in [0.25, 0.3) is 0 Å². The van der Waals surface area contributed by atoms with E-state index in [1.165, 1.54) is 6.07 Å². The van der Waals surface area contributed by atoms with E-state index in [1.54, 1.807) is 12.1 Å². The van der Waals surface area contributed by atoms with Crippen LogP contribution < -0.4 is 10.5 Å². The van der Waals surface area contributed by atoms with Crippen molar-refractivity contribution in [1.82, 2.24) is 0 Å². The van der Waals surface area contributed by atoms with Gasteiger partial charge in [0.2, 0.25) is 0 Å². The lowest BCUT2D eigenvalue weighted by Gasteiger charge is -2.14. The Morgan fingerprint density at radius 3 is 2.53 bits per heavy atom. The highest BCUT2D eigenvalue weighted by molar-refractivity contribution is 5.93. The van der Waals surface area contributed by atoms with Gasteiger partial charge in [-0.2, -0.15) is 0 Å². The largest absolute Gasteiger partial charge is 0.493 e. The summed E-state index contributed by atoms with van der Waals surface area (Å²) in [6, 6.07) is 4.67. The van der Waals surface area contributed by atoms with Gasteiger partial charge in [-0.1, -0.05) is 26.7 Å². The van der Waals surface area contributed by atoms with Gasteiger partial charge in [0, 0.05) is 11.8 Å². The van der Waals surface area contributed by atoms with Crippen LogP contribution in [-0.4, -0.2) is 17.7 Å². The fourth-order valence-corrected chi connectivity index (χ4v) is 1.56. The number of carboxylic acids is 1. The average molecular weight is 237 g/mol. The average Bonchev–Trinajstić information content (AvgIpc) is 2.30. The second-order valence-corrected chi connectivity index (χ2v) is 4.05. The lowest BCUT2D eigenvalue weighted by Crippen LogP contribution is -2.10. The third kappa shape index (κ3) is 3.66. The standard InChI is InChI=1S/C13H19NO3/c1-3-9(4-2)8-17-10-5-6-11(13(15)16)12(14)7-10/h5-7,9H,3-4,8,14H2,1-2H3,(H,15,16). The molecule has 0 aromatic heterocycles. The summed E-state index contributed by atoms with van der Waals surface area (Å²) in [6.07, 6.45) is 2.14. The molecule has 0 aliphatic carbocycles. The number of rotatable bonds is 6. The van der Waals surface area contributed by atoms with E-state index in [0.29, 0.717) is 18.3 Å². The van der Waals surface area contributed by atoms with Crippen molar-refractivity contribution >= 4 is 11.7 Å². The number of aromatic carboxylic acids is 1. The predicted octanol–water partition coefficient (Wildman–Crippen LogP) is 2.78. The number of anilines is 1. The van der Waals surface area contributed by atoms with Gasteiger partial charge in [0.25, 0.3) is 0 Å². The van der Waals surface area contributed by atoms with Crippen LogP contribution in [0.15, 0.2) is 18.2 Å². The summed E-state index contributed by atoms with van der Waals surface area (Å²) in [6.45, 7) is 4.89. The van der Waals surface area contributed by atoms with Crippen molar-refractivity contribution < 1.29 is 14.6 Å². The van der Waals surface area contributed by atoms with Gasteiger partial charge < -0.3 is 15.6 Å². The van der Waals surface area contributed by atoms with E-state index in [4.69, 9.17) is 15.6 Å². The van der Waals surface area contributed by atoms with E-state index in [9.17, 15) is 4.79 Å². The van der Waals surface area contributed by atoms with E-state index >= 15 is 0 Å². The minimum atomic E-state index is -1.02. The van der Waals surface area contributed by atoms with Gasteiger partial charge in [-0.05, 0) is 18.1 Å². The molecule has 0 radical (unpaired) electrons. The fraction of sp³-hybridized carbons (Fsp3) is 0.462. The summed E-state index contributed by atoms with van der Waals surface area (Å²) in [5.41, 5.74) is 5.98. The van der Waals surface area contributed by atoms with Crippen molar-refractivity contribution in [1.29, 1.82) is 0 Å². The molecule has 0 unspecified atom stereocenters. The first kappa shape index (κ1) is 13.4. The van der Waals surface area contributed by atoms with E-state index in [-0.39, 0.29) is 11.3 Å². The molecule has 0 aliphatic heterocycles. The van der Waals surface area contributed by atoms with Crippen molar-refractivity contribution in [2.24, 2.45) is 5.92 Å². The van der Waals surface area contributed by atoms with Crippen LogP contribution in [0.3, 0.4) is 0 Å². The van der Waals surface area contributed by atoms with Crippen LogP contribution >= 0.6 is 0 Å². The summed E-state index contributed by atoms with van der Waals surface area (Å²) in [5.74, 6) is 0.129. The molecule has 0 bridgehead atoms. The first-order valence-electron chi connectivity index (χ1n) is 5.84. The minimum absolute atomic E-state index is 0.111. The molecule has 4 heteroatoms. The van der Waals surface area contributed by atoms with E-state index in [1.807, 2.05) is 0 Å². The number of nitrogen functional groups attached to an aromatic ring is 1. The summed E-state index contributed by atoms with van der Waals surface area (Å²) in [7, 11) is 0. The van der Waals surface area contributed by atoms with Gasteiger partial charge >= 0.3 is 5.97 Å². The molecule has 0 aliphatic rings. The van der Waals surface area contributed by atoms with Crippen molar-refractivity contribution in [3.05, 3.63) is 23.8 Å². The van der Waals surface area contributed by atoms with Crippen LogP contribution in [0.1, 0.15) is 37.0 Å². The summed E-state index contributed by atoms with van der Waals surface area (Å²) >= 11 is 0. The molecule has 1 aromatic carbocycles. The fourth-order valence-electron chi connectivity index (χ4n) is 1.56. The molecule has 0 fully saturated rings. The molecule has 0 atom stereocenters. The number of benzene rings is 1. The minimum Gasteiger partial charge on any atom is -0.493 e. The smallest absolute Gasteiger partial charge is 0.337 e. The number of nitrogens with two attached hydrogens (primary N) is 1. The van der Waals surface area contributed by atoms with Gasteiger partial charge in [-0.15, -0.1) is 0 Å². The maximum absolute atomic E-state index is 10.8. The number of carbonyl (C=O) groups is 1. The third-order valence-electron chi connectivity index (χ3n) is 2.89. The molecule has 3 N–H and O–H groups in total. The molecule has 0 spiro atoms. The molecule has 0 saturated carbocycles. The Hall–Kier alpha value is -1.71. The number of ether oxygens (including phenoxy) is 1. The lowest BCUT2D eigenvalue weighted by molar-refractivity contribution is 0.0698. The highest BCUT2D eigenvalue weighted by atomic mass is 16.5. The summed E-state index contributed by atoms with van der Waals surface area (Å²) in [4.78, 5) is 10.8. The van der Waals surface area contributed by atoms with E-state index in [0.717, 1.165) is 12.8 Å². The molecule has 94 valence electrons. The Balaban J connectivity index is 2.67. The van der Waals surface area contributed by atoms with Crippen molar-refractivity contribution in [3.63, 3.8) is 0 Å². The predicted molar refractivity (Wildman–Crippen MR) is 67.4 cm³/mol. The third-order valence-corrected chi connectivity index (χ3v) is 2.89. The molecule has 1 aromatic rings. The van der Waals surface area contributed by atoms with Gasteiger partial charge in [0.15, 0.2) is 0 Å².